The summed E-state index contributed by atoms with van der Waals surface area (Å²) < 4.78 is 16.5. The monoisotopic (exact) mass is 414 g/mol. The van der Waals surface area contributed by atoms with Gasteiger partial charge in [0.05, 0.1) is 24.7 Å². The fourth-order valence-electron chi connectivity index (χ4n) is 3.23. The Morgan fingerprint density at radius 1 is 1.30 bits per heavy atom. The lowest BCUT2D eigenvalue weighted by atomic mass is 9.86. The Labute approximate surface area is 174 Å². The number of ether oxygens (including phenoxy) is 3. The number of anilines is 1. The first-order chi connectivity index (χ1) is 14.2. The second kappa shape index (κ2) is 8.56. The number of aromatic nitrogens is 2. The summed E-state index contributed by atoms with van der Waals surface area (Å²) in [6, 6.07) is 5.72. The van der Waals surface area contributed by atoms with Gasteiger partial charge in [0.25, 0.3) is 5.91 Å². The Morgan fingerprint density at radius 2 is 2.00 bits per heavy atom. The molecule has 3 N–H and O–H groups in total. The molecule has 3 rings (SSSR count). The molecule has 0 saturated carbocycles. The number of nitrogens with one attached hydrogen (secondary N) is 1. The standard InChI is InChI=1S/C21H26N4O5/c1-5-12(2)17(30-19(22)27)18(26)25-13-9-23-20(24-10-13)29-15-8-6-7-14-16(15)21(3,4)11-28-14/h6-10,12,17H,5,11H2,1-4H3,(H2,22,27)(H,25,26)/t12?,17-/m1/s1. The Bertz CT molecular complexity index is 929. The van der Waals surface area contributed by atoms with Gasteiger partial charge in [-0.3, -0.25) is 4.79 Å². The van der Waals surface area contributed by atoms with Crippen LogP contribution in [-0.4, -0.2) is 34.7 Å². The van der Waals surface area contributed by atoms with E-state index in [-0.39, 0.29) is 17.3 Å². The Balaban J connectivity index is 1.71. The van der Waals surface area contributed by atoms with Gasteiger partial charge in [-0.1, -0.05) is 33.8 Å². The number of fused-ring (bicyclic) bond motifs is 1. The van der Waals surface area contributed by atoms with Crippen LogP contribution in [0, 0.1) is 5.92 Å². The van der Waals surface area contributed by atoms with Gasteiger partial charge in [-0.25, -0.2) is 14.8 Å². The van der Waals surface area contributed by atoms with Crippen LogP contribution in [0.3, 0.4) is 0 Å². The van der Waals surface area contributed by atoms with Crippen LogP contribution in [-0.2, 0) is 14.9 Å². The van der Waals surface area contributed by atoms with Gasteiger partial charge in [-0.15, -0.1) is 0 Å². The van der Waals surface area contributed by atoms with Crippen LogP contribution in [0.2, 0.25) is 0 Å². The van der Waals surface area contributed by atoms with E-state index in [0.717, 1.165) is 11.3 Å². The van der Waals surface area contributed by atoms with E-state index >= 15 is 0 Å². The summed E-state index contributed by atoms with van der Waals surface area (Å²) in [6.07, 6.45) is 1.47. The largest absolute Gasteiger partial charge is 0.492 e. The van der Waals surface area contributed by atoms with E-state index in [2.05, 4.69) is 29.1 Å². The zero-order valence-corrected chi connectivity index (χ0v) is 17.5. The molecule has 2 amide bonds. The van der Waals surface area contributed by atoms with E-state index in [1.54, 1.807) is 6.92 Å². The van der Waals surface area contributed by atoms with Gasteiger partial charge in [0.1, 0.15) is 11.5 Å². The molecule has 9 heteroatoms. The lowest BCUT2D eigenvalue weighted by Crippen LogP contribution is -2.38. The molecule has 1 aromatic carbocycles. The second-order valence-corrected chi connectivity index (χ2v) is 7.89. The number of amides is 2. The average molecular weight is 414 g/mol. The number of hydrogen-bond acceptors (Lipinski definition) is 7. The molecule has 160 valence electrons. The lowest BCUT2D eigenvalue weighted by Gasteiger charge is -2.21. The first-order valence-electron chi connectivity index (χ1n) is 9.74. The Kier molecular flexibility index (Phi) is 6.09. The third-order valence-electron chi connectivity index (χ3n) is 5.01. The smallest absolute Gasteiger partial charge is 0.405 e. The van der Waals surface area contributed by atoms with Gasteiger partial charge >= 0.3 is 12.1 Å². The van der Waals surface area contributed by atoms with Crippen molar-refractivity contribution in [1.82, 2.24) is 9.97 Å². The van der Waals surface area contributed by atoms with Crippen molar-refractivity contribution in [1.29, 1.82) is 0 Å². The van der Waals surface area contributed by atoms with E-state index in [4.69, 9.17) is 19.9 Å². The molecule has 0 spiro atoms. The highest BCUT2D eigenvalue weighted by Gasteiger charge is 2.35. The predicted octanol–water partition coefficient (Wildman–Crippen LogP) is 3.39. The summed E-state index contributed by atoms with van der Waals surface area (Å²) in [5.74, 6) is 0.706. The molecule has 1 aliphatic heterocycles. The zero-order chi connectivity index (χ0) is 21.9. The quantitative estimate of drug-likeness (QED) is 0.711. The molecule has 30 heavy (non-hydrogen) atoms. The van der Waals surface area contributed by atoms with Crippen molar-refractivity contribution in [3.05, 3.63) is 36.2 Å². The predicted molar refractivity (Wildman–Crippen MR) is 110 cm³/mol. The molecule has 2 aromatic rings. The highest BCUT2D eigenvalue weighted by atomic mass is 16.6. The molecule has 2 heterocycles. The summed E-state index contributed by atoms with van der Waals surface area (Å²) >= 11 is 0. The van der Waals surface area contributed by atoms with E-state index < -0.39 is 18.1 Å². The molecule has 1 unspecified atom stereocenters. The van der Waals surface area contributed by atoms with Crippen molar-refractivity contribution < 1.29 is 23.8 Å². The SMILES string of the molecule is CCC(C)[C@@H](OC(N)=O)C(=O)Nc1cnc(Oc2cccc3c2C(C)(C)CO3)nc1. The molecule has 2 atom stereocenters. The molecule has 1 aliphatic rings. The fraction of sp³-hybridized carbons (Fsp3) is 0.429. The lowest BCUT2D eigenvalue weighted by molar-refractivity contribution is -0.126. The van der Waals surface area contributed by atoms with Crippen LogP contribution >= 0.6 is 0 Å². The van der Waals surface area contributed by atoms with E-state index in [0.29, 0.717) is 24.5 Å². The summed E-state index contributed by atoms with van der Waals surface area (Å²) in [7, 11) is 0. The van der Waals surface area contributed by atoms with Gasteiger partial charge < -0.3 is 25.3 Å². The van der Waals surface area contributed by atoms with E-state index in [9.17, 15) is 9.59 Å². The van der Waals surface area contributed by atoms with E-state index in [1.807, 2.05) is 25.1 Å². The number of carbonyl (C=O) groups excluding carboxylic acids is 2. The zero-order valence-electron chi connectivity index (χ0n) is 17.5. The molecule has 0 saturated heterocycles. The van der Waals surface area contributed by atoms with Gasteiger partial charge in [0, 0.05) is 16.9 Å². The summed E-state index contributed by atoms with van der Waals surface area (Å²) in [4.78, 5) is 31.9. The van der Waals surface area contributed by atoms with Crippen molar-refractivity contribution in [3.8, 4) is 17.5 Å². The maximum Gasteiger partial charge on any atom is 0.405 e. The first kappa shape index (κ1) is 21.4. The number of hydrogen-bond donors (Lipinski definition) is 2. The van der Waals surface area contributed by atoms with E-state index in [1.165, 1.54) is 12.4 Å². The number of primary amides is 1. The van der Waals surface area contributed by atoms with Crippen LogP contribution in [0.15, 0.2) is 30.6 Å². The Hall–Kier alpha value is -3.36. The van der Waals surface area contributed by atoms with Gasteiger partial charge in [0.2, 0.25) is 0 Å². The average Bonchev–Trinajstić information content (AvgIpc) is 3.02. The van der Waals surface area contributed by atoms with Crippen LogP contribution < -0.4 is 20.5 Å². The number of nitrogens with zero attached hydrogens (tertiary/aromatic N) is 2. The number of benzene rings is 1. The van der Waals surface area contributed by atoms with Crippen molar-refractivity contribution in [2.45, 2.75) is 45.6 Å². The normalized spacial score (nSPS) is 16.0. The topological polar surface area (TPSA) is 126 Å². The summed E-state index contributed by atoms with van der Waals surface area (Å²) in [5, 5.41) is 2.64. The molecular weight excluding hydrogens is 388 g/mol. The Morgan fingerprint density at radius 3 is 2.63 bits per heavy atom. The van der Waals surface area contributed by atoms with Gasteiger partial charge in [-0.2, -0.15) is 0 Å². The summed E-state index contributed by atoms with van der Waals surface area (Å²) in [6.45, 7) is 8.40. The fourth-order valence-corrected chi connectivity index (χ4v) is 3.23. The molecular formula is C21H26N4O5. The maximum atomic E-state index is 12.5. The van der Waals surface area contributed by atoms with Crippen molar-refractivity contribution in [3.63, 3.8) is 0 Å². The number of nitrogens with two attached hydrogens (primary N) is 1. The molecule has 1 aromatic heterocycles. The van der Waals surface area contributed by atoms with Crippen LogP contribution in [0.25, 0.3) is 0 Å². The van der Waals surface area contributed by atoms with Crippen LogP contribution in [0.1, 0.15) is 39.7 Å². The highest BCUT2D eigenvalue weighted by molar-refractivity contribution is 5.95. The minimum absolute atomic E-state index is 0.135. The maximum absolute atomic E-state index is 12.5. The minimum Gasteiger partial charge on any atom is -0.492 e. The molecule has 0 bridgehead atoms. The molecule has 0 aliphatic carbocycles. The van der Waals surface area contributed by atoms with Crippen molar-refractivity contribution in [2.24, 2.45) is 11.7 Å². The molecule has 0 fully saturated rings. The molecule has 9 nitrogen and oxygen atoms in total. The first-order valence-corrected chi connectivity index (χ1v) is 9.74. The number of rotatable bonds is 7. The number of carbonyl (C=O) groups is 2. The summed E-state index contributed by atoms with van der Waals surface area (Å²) in [5.41, 5.74) is 6.19. The highest BCUT2D eigenvalue weighted by Crippen LogP contribution is 2.44. The van der Waals surface area contributed by atoms with Crippen LogP contribution in [0.4, 0.5) is 10.5 Å². The third kappa shape index (κ3) is 4.61. The molecule has 0 radical (unpaired) electrons. The minimum atomic E-state index is -1.00. The van der Waals surface area contributed by atoms with Crippen LogP contribution in [0.5, 0.6) is 17.5 Å². The van der Waals surface area contributed by atoms with Gasteiger partial charge in [-0.05, 0) is 18.6 Å². The van der Waals surface area contributed by atoms with Crippen molar-refractivity contribution >= 4 is 17.7 Å². The third-order valence-corrected chi connectivity index (χ3v) is 5.01. The second-order valence-electron chi connectivity index (χ2n) is 7.89. The van der Waals surface area contributed by atoms with Crippen molar-refractivity contribution in [2.75, 3.05) is 11.9 Å². The van der Waals surface area contributed by atoms with Gasteiger partial charge in [0.15, 0.2) is 6.10 Å².